The van der Waals surface area contributed by atoms with Crippen LogP contribution in [-0.2, 0) is 33.2 Å². The zero-order valence-corrected chi connectivity index (χ0v) is 27.4. The van der Waals surface area contributed by atoms with E-state index in [9.17, 15) is 35.9 Å². The highest BCUT2D eigenvalue weighted by atomic mass is 19.4. The average Bonchev–Trinajstić information content (AvgIpc) is 3.07. The molecule has 17 heteroatoms. The fourth-order valence-electron chi connectivity index (χ4n) is 5.54. The Balaban J connectivity index is 1.84. The van der Waals surface area contributed by atoms with Gasteiger partial charge in [-0.15, -0.1) is 0 Å². The number of anilines is 2. The van der Waals surface area contributed by atoms with Crippen molar-refractivity contribution in [3.63, 3.8) is 0 Å². The van der Waals surface area contributed by atoms with Gasteiger partial charge in [0.15, 0.2) is 0 Å². The number of carbonyl (C=O) groups is 2. The van der Waals surface area contributed by atoms with Crippen LogP contribution in [-0.4, -0.2) is 67.2 Å². The summed E-state index contributed by atoms with van der Waals surface area (Å²) in [5.74, 6) is -0.403. The van der Waals surface area contributed by atoms with Gasteiger partial charge < -0.3 is 29.0 Å². The van der Waals surface area contributed by atoms with E-state index in [2.05, 4.69) is 9.97 Å². The van der Waals surface area contributed by atoms with Gasteiger partial charge in [0, 0.05) is 32.2 Å². The van der Waals surface area contributed by atoms with Crippen LogP contribution in [0.2, 0.25) is 0 Å². The van der Waals surface area contributed by atoms with Gasteiger partial charge in [0.1, 0.15) is 18.2 Å². The molecule has 1 aromatic carbocycles. The molecule has 1 aliphatic heterocycles. The molecule has 1 unspecified atom stereocenters. The van der Waals surface area contributed by atoms with Crippen molar-refractivity contribution in [2.75, 3.05) is 43.8 Å². The van der Waals surface area contributed by atoms with Crippen LogP contribution in [0.1, 0.15) is 61.0 Å². The van der Waals surface area contributed by atoms with Gasteiger partial charge in [-0.2, -0.15) is 26.3 Å². The van der Waals surface area contributed by atoms with Crippen LogP contribution >= 0.6 is 0 Å². The van der Waals surface area contributed by atoms with Crippen molar-refractivity contribution < 1.29 is 60.0 Å². The number of fused-ring (bicyclic) bond motifs is 1. The van der Waals surface area contributed by atoms with Crippen molar-refractivity contribution in [1.29, 1.82) is 0 Å². The number of aliphatic carboxylic acids is 1. The molecule has 4 rings (SSSR count). The highest BCUT2D eigenvalue weighted by molar-refractivity contribution is 5.90. The SMILES string of the molecule is CC[C@@H]1CC(N(Cc2cc(C(F)(F)F)cc(C(F)(F)F)c2)c2ccc(OCCOC)cn2)c2nc(OC)ccc2N1C(=O)OCCCC(=O)O. The Morgan fingerprint density at radius 1 is 0.980 bits per heavy atom. The number of carboxylic acid groups (broad SMARTS) is 1. The Kier molecular flexibility index (Phi) is 12.4. The Hall–Kier alpha value is -4.80. The fourth-order valence-corrected chi connectivity index (χ4v) is 5.54. The number of halogens is 6. The van der Waals surface area contributed by atoms with Crippen molar-refractivity contribution in [3.8, 4) is 11.6 Å². The zero-order chi connectivity index (χ0) is 36.6. The van der Waals surface area contributed by atoms with Crippen LogP contribution in [0, 0.1) is 0 Å². The summed E-state index contributed by atoms with van der Waals surface area (Å²) >= 11 is 0. The van der Waals surface area contributed by atoms with E-state index >= 15 is 0 Å². The van der Waals surface area contributed by atoms with Gasteiger partial charge in [-0.25, -0.2) is 14.8 Å². The van der Waals surface area contributed by atoms with Gasteiger partial charge >= 0.3 is 24.4 Å². The van der Waals surface area contributed by atoms with Crippen LogP contribution in [0.5, 0.6) is 11.6 Å². The van der Waals surface area contributed by atoms with Crippen LogP contribution in [0.15, 0.2) is 48.7 Å². The zero-order valence-electron chi connectivity index (χ0n) is 27.4. The second-order valence-corrected chi connectivity index (χ2v) is 11.3. The fraction of sp³-hybridized carbons (Fsp3) is 0.455. The molecular weight excluding hydrogens is 678 g/mol. The number of hydrogen-bond donors (Lipinski definition) is 1. The number of amides is 1. The first-order valence-electron chi connectivity index (χ1n) is 15.5. The summed E-state index contributed by atoms with van der Waals surface area (Å²) in [4.78, 5) is 36.3. The number of carbonyl (C=O) groups excluding carboxylic acids is 1. The van der Waals surface area contributed by atoms with E-state index in [0.717, 1.165) is 0 Å². The van der Waals surface area contributed by atoms with Gasteiger partial charge in [-0.3, -0.25) is 9.69 Å². The van der Waals surface area contributed by atoms with E-state index in [-0.39, 0.29) is 73.8 Å². The molecule has 0 saturated heterocycles. The molecule has 0 radical (unpaired) electrons. The molecule has 0 saturated carbocycles. The summed E-state index contributed by atoms with van der Waals surface area (Å²) in [6, 6.07) is 6.07. The Morgan fingerprint density at radius 3 is 2.24 bits per heavy atom. The van der Waals surface area contributed by atoms with Gasteiger partial charge in [0.05, 0.1) is 55.1 Å². The molecule has 2 atom stereocenters. The standard InChI is InChI=1S/C33H36F6N4O7/c1-4-23-17-26(30-25(8-10-28(41-30)48-3)43(23)31(46)50-11-5-6-29(44)45)42(27-9-7-24(18-40-27)49-13-12-47-2)19-20-14-21(32(34,35)36)16-22(15-20)33(37,38)39/h7-10,14-16,18,23,26H,4-6,11-13,17,19H2,1-3H3,(H,44,45)/t23-,26?/m1/s1. The van der Waals surface area contributed by atoms with Crippen LogP contribution in [0.25, 0.3) is 0 Å². The third kappa shape index (κ3) is 9.46. The smallest absolute Gasteiger partial charge is 0.416 e. The lowest BCUT2D eigenvalue weighted by molar-refractivity contribution is -0.143. The highest BCUT2D eigenvalue weighted by Crippen LogP contribution is 2.44. The summed E-state index contributed by atoms with van der Waals surface area (Å²) in [6.45, 7) is 1.64. The van der Waals surface area contributed by atoms with Gasteiger partial charge in [0.25, 0.3) is 0 Å². The summed E-state index contributed by atoms with van der Waals surface area (Å²) in [5.41, 5.74) is -2.75. The van der Waals surface area contributed by atoms with Crippen LogP contribution in [0.4, 0.5) is 42.6 Å². The third-order valence-electron chi connectivity index (χ3n) is 7.90. The van der Waals surface area contributed by atoms with Crippen LogP contribution < -0.4 is 19.3 Å². The molecule has 2 aromatic heterocycles. The number of alkyl halides is 6. The quantitative estimate of drug-likeness (QED) is 0.135. The summed E-state index contributed by atoms with van der Waals surface area (Å²) in [6.07, 6.45) is -9.21. The maximum absolute atomic E-state index is 13.9. The molecule has 1 aliphatic rings. The Labute approximate surface area is 283 Å². The van der Waals surface area contributed by atoms with Gasteiger partial charge in [-0.05, 0) is 61.2 Å². The Morgan fingerprint density at radius 2 is 1.68 bits per heavy atom. The predicted molar refractivity (Wildman–Crippen MR) is 167 cm³/mol. The lowest BCUT2D eigenvalue weighted by Gasteiger charge is -2.43. The summed E-state index contributed by atoms with van der Waals surface area (Å²) in [7, 11) is 2.86. The molecule has 1 N–H and O–H groups in total. The highest BCUT2D eigenvalue weighted by Gasteiger charge is 2.42. The number of methoxy groups -OCH3 is 2. The lowest BCUT2D eigenvalue weighted by Crippen LogP contribution is -2.48. The van der Waals surface area contributed by atoms with E-state index in [1.165, 1.54) is 42.3 Å². The molecule has 0 aliphatic carbocycles. The number of aromatic nitrogens is 2. The first-order valence-corrected chi connectivity index (χ1v) is 15.5. The number of carboxylic acids is 1. The van der Waals surface area contributed by atoms with E-state index in [1.807, 2.05) is 0 Å². The predicted octanol–water partition coefficient (Wildman–Crippen LogP) is 7.29. The number of benzene rings is 1. The first-order chi connectivity index (χ1) is 23.7. The van der Waals surface area contributed by atoms with Crippen molar-refractivity contribution in [2.24, 2.45) is 0 Å². The van der Waals surface area contributed by atoms with E-state index in [1.54, 1.807) is 19.1 Å². The number of nitrogens with zero attached hydrogens (tertiary/aromatic N) is 4. The molecule has 272 valence electrons. The van der Waals surface area contributed by atoms with Gasteiger partial charge in [0.2, 0.25) is 5.88 Å². The molecule has 0 spiro atoms. The van der Waals surface area contributed by atoms with E-state index in [4.69, 9.17) is 24.1 Å². The number of ether oxygens (including phenoxy) is 4. The number of hydrogen-bond acceptors (Lipinski definition) is 9. The molecule has 1 amide bonds. The average molecular weight is 715 g/mol. The first kappa shape index (κ1) is 38.0. The second-order valence-electron chi connectivity index (χ2n) is 11.3. The summed E-state index contributed by atoms with van der Waals surface area (Å²) < 4.78 is 104. The van der Waals surface area contributed by atoms with E-state index < -0.39 is 54.2 Å². The minimum absolute atomic E-state index is 0.0631. The second kappa shape index (κ2) is 16.3. The summed E-state index contributed by atoms with van der Waals surface area (Å²) in [5, 5.41) is 8.94. The maximum Gasteiger partial charge on any atom is 0.416 e. The molecular formula is C33H36F6N4O7. The van der Waals surface area contributed by atoms with Crippen molar-refractivity contribution >= 4 is 23.6 Å². The topological polar surface area (TPSA) is 124 Å². The minimum atomic E-state index is -5.06. The molecule has 11 nitrogen and oxygen atoms in total. The largest absolute Gasteiger partial charge is 0.490 e. The Bertz CT molecular complexity index is 1590. The van der Waals surface area contributed by atoms with E-state index in [0.29, 0.717) is 24.3 Å². The molecule has 0 fully saturated rings. The normalized spacial score (nSPS) is 16.1. The van der Waals surface area contributed by atoms with Crippen LogP contribution in [0.3, 0.4) is 0 Å². The molecule has 3 aromatic rings. The van der Waals surface area contributed by atoms with Crippen molar-refractivity contribution in [3.05, 3.63) is 71.0 Å². The van der Waals surface area contributed by atoms with Crippen molar-refractivity contribution in [1.82, 2.24) is 9.97 Å². The molecule has 0 bridgehead atoms. The minimum Gasteiger partial charge on any atom is -0.490 e. The van der Waals surface area contributed by atoms with Crippen molar-refractivity contribution in [2.45, 2.75) is 63.6 Å². The maximum atomic E-state index is 13.9. The molecule has 50 heavy (non-hydrogen) atoms. The van der Waals surface area contributed by atoms with Gasteiger partial charge in [-0.1, -0.05) is 6.92 Å². The number of rotatable bonds is 14. The lowest BCUT2D eigenvalue weighted by atomic mass is 9.91. The molecule has 3 heterocycles. The third-order valence-corrected chi connectivity index (χ3v) is 7.90. The number of pyridine rings is 2. The monoisotopic (exact) mass is 714 g/mol.